The van der Waals surface area contributed by atoms with Crippen LogP contribution < -0.4 is 0 Å². The molecule has 0 heteroatoms. The van der Waals surface area contributed by atoms with E-state index in [9.17, 15) is 0 Å². The van der Waals surface area contributed by atoms with Gasteiger partial charge in [0.25, 0.3) is 0 Å². The third-order valence-corrected chi connectivity index (χ3v) is 3.21. The Morgan fingerprint density at radius 1 is 1.00 bits per heavy atom. The molecule has 0 nitrogen and oxygen atoms in total. The van der Waals surface area contributed by atoms with Crippen LogP contribution in [0.15, 0.2) is 12.2 Å². The molecule has 0 bridgehead atoms. The van der Waals surface area contributed by atoms with Crippen molar-refractivity contribution in [2.45, 2.75) is 72.6 Å². The number of hydrogen-bond donors (Lipinski definition) is 0. The third-order valence-electron chi connectivity index (χ3n) is 3.21. The van der Waals surface area contributed by atoms with E-state index in [-0.39, 0.29) is 0 Å². The van der Waals surface area contributed by atoms with Gasteiger partial charge in [0.1, 0.15) is 0 Å². The van der Waals surface area contributed by atoms with E-state index in [4.69, 9.17) is 0 Å². The minimum atomic E-state index is 0.783. The zero-order valence-electron chi connectivity index (χ0n) is 11.3. The minimum absolute atomic E-state index is 0.783. The molecule has 0 saturated heterocycles. The van der Waals surface area contributed by atoms with Crippen LogP contribution in [0.2, 0.25) is 0 Å². The van der Waals surface area contributed by atoms with Gasteiger partial charge in [-0.25, -0.2) is 0 Å². The number of unbranched alkanes of at least 4 members (excludes halogenated alkanes) is 3. The second kappa shape index (κ2) is 10.3. The van der Waals surface area contributed by atoms with Gasteiger partial charge in [-0.05, 0) is 24.7 Å². The van der Waals surface area contributed by atoms with Crippen molar-refractivity contribution in [2.75, 3.05) is 0 Å². The van der Waals surface area contributed by atoms with Gasteiger partial charge in [0.05, 0.1) is 0 Å². The van der Waals surface area contributed by atoms with E-state index < -0.39 is 0 Å². The highest BCUT2D eigenvalue weighted by molar-refractivity contribution is 4.87. The summed E-state index contributed by atoms with van der Waals surface area (Å²) in [7, 11) is 0. The van der Waals surface area contributed by atoms with E-state index in [1.807, 2.05) is 0 Å². The summed E-state index contributed by atoms with van der Waals surface area (Å²) in [5.41, 5.74) is 0. The molecule has 90 valence electrons. The van der Waals surface area contributed by atoms with Crippen molar-refractivity contribution in [3.05, 3.63) is 12.2 Å². The van der Waals surface area contributed by atoms with E-state index in [0.717, 1.165) is 11.8 Å². The smallest absolute Gasteiger partial charge is 0.0262 e. The van der Waals surface area contributed by atoms with Crippen LogP contribution in [0, 0.1) is 11.8 Å². The van der Waals surface area contributed by atoms with Gasteiger partial charge in [0.2, 0.25) is 0 Å². The van der Waals surface area contributed by atoms with Gasteiger partial charge in [0, 0.05) is 0 Å². The summed E-state index contributed by atoms with van der Waals surface area (Å²) in [6, 6.07) is 0. The minimum Gasteiger partial charge on any atom is -0.0880 e. The maximum Gasteiger partial charge on any atom is -0.0262 e. The van der Waals surface area contributed by atoms with Crippen LogP contribution in [0.25, 0.3) is 0 Å². The molecule has 0 aromatic carbocycles. The van der Waals surface area contributed by atoms with Crippen LogP contribution >= 0.6 is 0 Å². The Hall–Kier alpha value is -0.260. The van der Waals surface area contributed by atoms with E-state index in [1.165, 1.54) is 44.9 Å². The average molecular weight is 210 g/mol. The third kappa shape index (κ3) is 10.0. The molecular formula is C15H30. The molecule has 2 atom stereocenters. The number of hydrogen-bond acceptors (Lipinski definition) is 0. The van der Waals surface area contributed by atoms with Crippen molar-refractivity contribution in [3.63, 3.8) is 0 Å². The lowest BCUT2D eigenvalue weighted by molar-refractivity contribution is 0.549. The zero-order valence-corrected chi connectivity index (χ0v) is 11.3. The largest absolute Gasteiger partial charge is 0.0880 e. The summed E-state index contributed by atoms with van der Waals surface area (Å²) in [5, 5.41) is 0. The fourth-order valence-electron chi connectivity index (χ4n) is 1.70. The Morgan fingerprint density at radius 3 is 2.33 bits per heavy atom. The summed E-state index contributed by atoms with van der Waals surface area (Å²) in [6.45, 7) is 9.22. The number of rotatable bonds is 9. The molecule has 0 N–H and O–H groups in total. The summed E-state index contributed by atoms with van der Waals surface area (Å²) in [6.07, 6.45) is 14.3. The van der Waals surface area contributed by atoms with Crippen molar-refractivity contribution in [1.29, 1.82) is 0 Å². The second-order valence-corrected chi connectivity index (χ2v) is 5.00. The lowest BCUT2D eigenvalue weighted by Gasteiger charge is -2.07. The van der Waals surface area contributed by atoms with Crippen LogP contribution in [0.1, 0.15) is 72.6 Å². The molecule has 0 spiro atoms. The molecule has 15 heavy (non-hydrogen) atoms. The Bertz CT molecular complexity index is 146. The molecule has 2 unspecified atom stereocenters. The molecule has 0 aliphatic heterocycles. The van der Waals surface area contributed by atoms with Gasteiger partial charge in [-0.2, -0.15) is 0 Å². The first-order chi connectivity index (χ1) is 7.20. The highest BCUT2D eigenvalue weighted by atomic mass is 14.0. The Labute approximate surface area is 97.2 Å². The topological polar surface area (TPSA) is 0 Å². The number of allylic oxidation sites excluding steroid dienone is 2. The van der Waals surface area contributed by atoms with Crippen molar-refractivity contribution < 1.29 is 0 Å². The second-order valence-electron chi connectivity index (χ2n) is 5.00. The maximum atomic E-state index is 2.41. The molecule has 0 rings (SSSR count). The van der Waals surface area contributed by atoms with Crippen molar-refractivity contribution in [2.24, 2.45) is 11.8 Å². The van der Waals surface area contributed by atoms with E-state index >= 15 is 0 Å². The lowest BCUT2D eigenvalue weighted by atomic mass is 9.99. The summed E-state index contributed by atoms with van der Waals surface area (Å²) < 4.78 is 0. The van der Waals surface area contributed by atoms with E-state index in [2.05, 4.69) is 39.8 Å². The monoisotopic (exact) mass is 210 g/mol. The molecular weight excluding hydrogens is 180 g/mol. The van der Waals surface area contributed by atoms with Crippen molar-refractivity contribution in [3.8, 4) is 0 Å². The van der Waals surface area contributed by atoms with Gasteiger partial charge in [-0.1, -0.05) is 72.0 Å². The summed E-state index contributed by atoms with van der Waals surface area (Å²) >= 11 is 0. The molecule has 0 aromatic heterocycles. The highest BCUT2D eigenvalue weighted by Gasteiger charge is 1.98. The van der Waals surface area contributed by atoms with Crippen LogP contribution in [0.5, 0.6) is 0 Å². The quantitative estimate of drug-likeness (QED) is 0.344. The first-order valence-corrected chi connectivity index (χ1v) is 6.87. The average Bonchev–Trinajstić information content (AvgIpc) is 2.24. The molecule has 0 heterocycles. The standard InChI is InChI=1S/C15H30/c1-5-7-8-9-11-15(4)13-10-12-14(3)6-2/h10,13-15H,5-9,11-12H2,1-4H3. The van der Waals surface area contributed by atoms with Crippen LogP contribution in [0.3, 0.4) is 0 Å². The van der Waals surface area contributed by atoms with Gasteiger partial charge in [-0.3, -0.25) is 0 Å². The Morgan fingerprint density at radius 2 is 1.73 bits per heavy atom. The fourth-order valence-corrected chi connectivity index (χ4v) is 1.70. The lowest BCUT2D eigenvalue weighted by Crippen LogP contribution is -1.92. The zero-order chi connectivity index (χ0) is 11.5. The van der Waals surface area contributed by atoms with Crippen LogP contribution in [-0.4, -0.2) is 0 Å². The van der Waals surface area contributed by atoms with E-state index in [0.29, 0.717) is 0 Å². The molecule has 0 amide bonds. The molecule has 0 saturated carbocycles. The SMILES string of the molecule is CCCCCCC(C)C=CCC(C)CC. The molecule has 0 fully saturated rings. The van der Waals surface area contributed by atoms with Gasteiger partial charge < -0.3 is 0 Å². The van der Waals surface area contributed by atoms with Crippen molar-refractivity contribution in [1.82, 2.24) is 0 Å². The van der Waals surface area contributed by atoms with Gasteiger partial charge in [-0.15, -0.1) is 0 Å². The van der Waals surface area contributed by atoms with E-state index in [1.54, 1.807) is 0 Å². The summed E-state index contributed by atoms with van der Waals surface area (Å²) in [5.74, 6) is 1.64. The predicted molar refractivity (Wildman–Crippen MR) is 71.1 cm³/mol. The van der Waals surface area contributed by atoms with Gasteiger partial charge in [0.15, 0.2) is 0 Å². The predicted octanol–water partition coefficient (Wildman–Crippen LogP) is 5.59. The molecule has 0 radical (unpaired) electrons. The fraction of sp³-hybridized carbons (Fsp3) is 0.867. The molecule has 0 aromatic rings. The Balaban J connectivity index is 3.42. The summed E-state index contributed by atoms with van der Waals surface area (Å²) in [4.78, 5) is 0. The molecule has 0 aliphatic carbocycles. The van der Waals surface area contributed by atoms with Crippen molar-refractivity contribution >= 4 is 0 Å². The van der Waals surface area contributed by atoms with Crippen LogP contribution in [0.4, 0.5) is 0 Å². The first kappa shape index (κ1) is 14.7. The maximum absolute atomic E-state index is 2.41. The normalized spacial score (nSPS) is 15.7. The first-order valence-electron chi connectivity index (χ1n) is 6.87. The highest BCUT2D eigenvalue weighted by Crippen LogP contribution is 2.13. The Kier molecular flexibility index (Phi) is 10.1. The molecule has 0 aliphatic rings. The van der Waals surface area contributed by atoms with Gasteiger partial charge >= 0.3 is 0 Å². The van der Waals surface area contributed by atoms with Crippen LogP contribution in [-0.2, 0) is 0 Å².